The van der Waals surface area contributed by atoms with Crippen LogP contribution in [0.4, 0.5) is 20.3 Å². The second-order valence-electron chi connectivity index (χ2n) is 5.61. The van der Waals surface area contributed by atoms with Crippen LogP contribution in [-0.2, 0) is 6.54 Å². The van der Waals surface area contributed by atoms with E-state index in [0.717, 1.165) is 28.7 Å². The molecule has 120 valence electrons. The number of benzene rings is 1. The third-order valence-electron chi connectivity index (χ3n) is 3.99. The third-order valence-corrected chi connectivity index (χ3v) is 3.99. The molecule has 4 nitrogen and oxygen atoms in total. The Labute approximate surface area is 137 Å². The highest BCUT2D eigenvalue weighted by Gasteiger charge is 2.21. The number of aromatic nitrogens is 2. The summed E-state index contributed by atoms with van der Waals surface area (Å²) < 4.78 is 26.6. The molecule has 1 N–H and O–H groups in total. The van der Waals surface area contributed by atoms with Crippen LogP contribution in [0.1, 0.15) is 5.56 Å². The van der Waals surface area contributed by atoms with E-state index in [0.29, 0.717) is 18.8 Å². The van der Waals surface area contributed by atoms with Crippen molar-refractivity contribution in [1.29, 1.82) is 0 Å². The van der Waals surface area contributed by atoms with Gasteiger partial charge in [0.2, 0.25) is 0 Å². The molecule has 0 amide bonds. The quantitative estimate of drug-likeness (QED) is 0.795. The van der Waals surface area contributed by atoms with E-state index in [4.69, 9.17) is 0 Å². The first kappa shape index (κ1) is 14.6. The second kappa shape index (κ2) is 5.88. The van der Waals surface area contributed by atoms with Gasteiger partial charge in [0.1, 0.15) is 0 Å². The van der Waals surface area contributed by atoms with Crippen LogP contribution < -0.4 is 10.2 Å². The van der Waals surface area contributed by atoms with E-state index in [9.17, 15) is 8.78 Å². The number of rotatable bonds is 3. The Kier molecular flexibility index (Phi) is 3.57. The molecular formula is C18H14F2N4. The lowest BCUT2D eigenvalue weighted by Gasteiger charge is -2.18. The van der Waals surface area contributed by atoms with Crippen LogP contribution in [0.25, 0.3) is 11.1 Å². The summed E-state index contributed by atoms with van der Waals surface area (Å²) >= 11 is 0. The van der Waals surface area contributed by atoms with Crippen molar-refractivity contribution < 1.29 is 8.78 Å². The summed E-state index contributed by atoms with van der Waals surface area (Å²) in [4.78, 5) is 10.6. The van der Waals surface area contributed by atoms with E-state index < -0.39 is 11.6 Å². The zero-order valence-corrected chi connectivity index (χ0v) is 12.7. The predicted octanol–water partition coefficient (Wildman–Crippen LogP) is 3.81. The lowest BCUT2D eigenvalue weighted by Crippen LogP contribution is -2.22. The summed E-state index contributed by atoms with van der Waals surface area (Å²) in [5, 5.41) is 3.23. The Bertz CT molecular complexity index is 883. The number of hydrogen-bond donors (Lipinski definition) is 1. The van der Waals surface area contributed by atoms with E-state index in [2.05, 4.69) is 20.2 Å². The van der Waals surface area contributed by atoms with Gasteiger partial charge in [0.15, 0.2) is 17.5 Å². The molecule has 0 saturated carbocycles. The van der Waals surface area contributed by atoms with Crippen LogP contribution in [0.2, 0.25) is 0 Å². The Morgan fingerprint density at radius 1 is 1.04 bits per heavy atom. The molecule has 0 unspecified atom stereocenters. The van der Waals surface area contributed by atoms with Gasteiger partial charge in [-0.25, -0.2) is 13.8 Å². The minimum Gasteiger partial charge on any atom is -0.351 e. The highest BCUT2D eigenvalue weighted by Crippen LogP contribution is 2.34. The van der Waals surface area contributed by atoms with Crippen molar-refractivity contribution in [2.75, 3.05) is 16.9 Å². The van der Waals surface area contributed by atoms with Crippen LogP contribution in [0.5, 0.6) is 0 Å². The molecule has 0 bridgehead atoms. The molecule has 0 radical (unpaired) electrons. The van der Waals surface area contributed by atoms with E-state index in [1.54, 1.807) is 18.5 Å². The Morgan fingerprint density at radius 2 is 1.96 bits per heavy atom. The summed E-state index contributed by atoms with van der Waals surface area (Å²) in [7, 11) is 0. The monoisotopic (exact) mass is 324 g/mol. The van der Waals surface area contributed by atoms with Crippen molar-refractivity contribution in [2.24, 2.45) is 0 Å². The first-order valence-electron chi connectivity index (χ1n) is 7.54. The molecule has 2 aromatic heterocycles. The Morgan fingerprint density at radius 3 is 2.75 bits per heavy atom. The van der Waals surface area contributed by atoms with Crippen molar-refractivity contribution in [3.63, 3.8) is 0 Å². The van der Waals surface area contributed by atoms with E-state index in [-0.39, 0.29) is 0 Å². The predicted molar refractivity (Wildman–Crippen MR) is 88.5 cm³/mol. The largest absolute Gasteiger partial charge is 0.351 e. The second-order valence-corrected chi connectivity index (χ2v) is 5.61. The standard InChI is InChI=1S/C18H14F2N4/c19-15-4-3-13(6-16(15)20)14-7-17-18(22-9-14)23-11-24(17)10-12-2-1-5-21-8-12/h1-9H,10-11H2,(H,22,23). The topological polar surface area (TPSA) is 41.1 Å². The Hall–Kier alpha value is -3.02. The van der Waals surface area contributed by atoms with Crippen LogP contribution >= 0.6 is 0 Å². The highest BCUT2D eigenvalue weighted by molar-refractivity contribution is 5.77. The normalized spacial score (nSPS) is 12.8. The molecule has 3 aromatic rings. The van der Waals surface area contributed by atoms with Crippen molar-refractivity contribution in [1.82, 2.24) is 9.97 Å². The van der Waals surface area contributed by atoms with Crippen LogP contribution in [0.3, 0.4) is 0 Å². The number of pyridine rings is 2. The number of halogens is 2. The molecule has 0 aliphatic carbocycles. The molecule has 1 aliphatic heterocycles. The van der Waals surface area contributed by atoms with Gasteiger partial charge in [0, 0.05) is 30.7 Å². The number of nitrogens with zero attached hydrogens (tertiary/aromatic N) is 3. The minimum absolute atomic E-state index is 0.595. The molecule has 1 aliphatic rings. The number of nitrogens with one attached hydrogen (secondary N) is 1. The highest BCUT2D eigenvalue weighted by atomic mass is 19.2. The number of hydrogen-bond acceptors (Lipinski definition) is 4. The van der Waals surface area contributed by atoms with Gasteiger partial charge < -0.3 is 10.2 Å². The maximum atomic E-state index is 13.5. The lowest BCUT2D eigenvalue weighted by atomic mass is 10.1. The first-order valence-corrected chi connectivity index (χ1v) is 7.54. The average molecular weight is 324 g/mol. The minimum atomic E-state index is -0.863. The zero-order chi connectivity index (χ0) is 16.5. The smallest absolute Gasteiger partial charge is 0.159 e. The SMILES string of the molecule is Fc1ccc(-c2cnc3c(c2)N(Cc2cccnc2)CN3)cc1F. The van der Waals surface area contributed by atoms with Crippen molar-refractivity contribution in [3.8, 4) is 11.1 Å². The van der Waals surface area contributed by atoms with Gasteiger partial charge in [0.05, 0.1) is 12.4 Å². The van der Waals surface area contributed by atoms with Gasteiger partial charge in [-0.3, -0.25) is 4.98 Å². The van der Waals surface area contributed by atoms with Gasteiger partial charge in [0.25, 0.3) is 0 Å². The number of anilines is 2. The van der Waals surface area contributed by atoms with E-state index in [1.165, 1.54) is 6.07 Å². The lowest BCUT2D eigenvalue weighted by molar-refractivity contribution is 0.509. The summed E-state index contributed by atoms with van der Waals surface area (Å²) in [6.45, 7) is 1.33. The molecule has 4 rings (SSSR count). The van der Waals surface area contributed by atoms with Crippen LogP contribution in [-0.4, -0.2) is 16.6 Å². The van der Waals surface area contributed by atoms with E-state index >= 15 is 0 Å². The average Bonchev–Trinajstić information content (AvgIpc) is 3.00. The van der Waals surface area contributed by atoms with Crippen LogP contribution in [0, 0.1) is 11.6 Å². The van der Waals surface area contributed by atoms with Gasteiger partial charge in [-0.1, -0.05) is 12.1 Å². The number of fused-ring (bicyclic) bond motifs is 1. The Balaban J connectivity index is 1.66. The molecule has 0 fully saturated rings. The summed E-state index contributed by atoms with van der Waals surface area (Å²) in [5.41, 5.74) is 3.36. The van der Waals surface area contributed by atoms with Crippen molar-refractivity contribution in [3.05, 3.63) is 72.2 Å². The maximum absolute atomic E-state index is 13.5. The molecule has 24 heavy (non-hydrogen) atoms. The van der Waals surface area contributed by atoms with Gasteiger partial charge in [-0.05, 0) is 35.4 Å². The fraction of sp³-hybridized carbons (Fsp3) is 0.111. The fourth-order valence-corrected chi connectivity index (χ4v) is 2.77. The molecular weight excluding hydrogens is 310 g/mol. The van der Waals surface area contributed by atoms with Crippen molar-refractivity contribution >= 4 is 11.5 Å². The fourth-order valence-electron chi connectivity index (χ4n) is 2.77. The molecule has 0 saturated heterocycles. The molecule has 0 spiro atoms. The summed E-state index contributed by atoms with van der Waals surface area (Å²) in [6.07, 6.45) is 5.22. The molecule has 1 aromatic carbocycles. The molecule has 3 heterocycles. The van der Waals surface area contributed by atoms with Gasteiger partial charge >= 0.3 is 0 Å². The van der Waals surface area contributed by atoms with Crippen LogP contribution in [0.15, 0.2) is 55.0 Å². The van der Waals surface area contributed by atoms with Gasteiger partial charge in [-0.2, -0.15) is 0 Å². The zero-order valence-electron chi connectivity index (χ0n) is 12.7. The maximum Gasteiger partial charge on any atom is 0.159 e. The molecule has 6 heteroatoms. The summed E-state index contributed by atoms with van der Waals surface area (Å²) in [6, 6.07) is 9.71. The van der Waals surface area contributed by atoms with Crippen molar-refractivity contribution in [2.45, 2.75) is 6.54 Å². The molecule has 0 atom stereocenters. The van der Waals surface area contributed by atoms with Gasteiger partial charge in [-0.15, -0.1) is 0 Å². The third kappa shape index (κ3) is 2.67. The first-order chi connectivity index (χ1) is 11.7. The summed E-state index contributed by atoms with van der Waals surface area (Å²) in [5.74, 6) is -0.934. The van der Waals surface area contributed by atoms with E-state index in [1.807, 2.05) is 24.4 Å².